The lowest BCUT2D eigenvalue weighted by atomic mass is 9.89. The van der Waals surface area contributed by atoms with Gasteiger partial charge in [-0.1, -0.05) is 25.5 Å². The Bertz CT molecular complexity index is 428. The molecule has 20 heavy (non-hydrogen) atoms. The Hall–Kier alpha value is -1.02. The van der Waals surface area contributed by atoms with E-state index in [1.807, 2.05) is 0 Å². The molecule has 2 N–H and O–H groups in total. The van der Waals surface area contributed by atoms with Crippen molar-refractivity contribution in [3.63, 3.8) is 0 Å². The third-order valence-corrected chi connectivity index (χ3v) is 5.29. The summed E-state index contributed by atoms with van der Waals surface area (Å²) in [5, 5.41) is 0. The summed E-state index contributed by atoms with van der Waals surface area (Å²) >= 11 is 0. The molecule has 2 aliphatic rings. The summed E-state index contributed by atoms with van der Waals surface area (Å²) in [4.78, 5) is 0. The molecule has 1 aromatic rings. The van der Waals surface area contributed by atoms with Gasteiger partial charge in [0.15, 0.2) is 0 Å². The highest BCUT2D eigenvalue weighted by Gasteiger charge is 2.39. The number of benzene rings is 1. The van der Waals surface area contributed by atoms with Crippen molar-refractivity contribution in [2.24, 2.45) is 23.5 Å². The highest BCUT2D eigenvalue weighted by atomic mass is 16.5. The van der Waals surface area contributed by atoms with Gasteiger partial charge >= 0.3 is 0 Å². The SMILES string of the molecule is CCC(N)Cc1ccc(OCC2CC3CCC2C3)cc1. The van der Waals surface area contributed by atoms with Gasteiger partial charge in [0.1, 0.15) is 5.75 Å². The predicted octanol–water partition coefficient (Wildman–Crippen LogP) is 3.78. The summed E-state index contributed by atoms with van der Waals surface area (Å²) in [6.07, 6.45) is 7.75. The molecule has 2 aliphatic carbocycles. The van der Waals surface area contributed by atoms with Crippen LogP contribution in [0, 0.1) is 17.8 Å². The molecule has 0 saturated heterocycles. The fourth-order valence-electron chi connectivity index (χ4n) is 3.95. The molecule has 110 valence electrons. The monoisotopic (exact) mass is 273 g/mol. The Morgan fingerprint density at radius 1 is 1.20 bits per heavy atom. The van der Waals surface area contributed by atoms with Crippen LogP contribution in [0.4, 0.5) is 0 Å². The highest BCUT2D eigenvalue weighted by molar-refractivity contribution is 5.27. The Morgan fingerprint density at radius 2 is 2.00 bits per heavy atom. The molecule has 0 amide bonds. The summed E-state index contributed by atoms with van der Waals surface area (Å²) in [6.45, 7) is 3.05. The van der Waals surface area contributed by atoms with E-state index in [2.05, 4.69) is 31.2 Å². The molecule has 4 unspecified atom stereocenters. The van der Waals surface area contributed by atoms with Crippen LogP contribution in [0.2, 0.25) is 0 Å². The van der Waals surface area contributed by atoms with Crippen LogP contribution >= 0.6 is 0 Å². The van der Waals surface area contributed by atoms with Gasteiger partial charge in [-0.15, -0.1) is 0 Å². The number of rotatable bonds is 6. The first-order valence-electron chi connectivity index (χ1n) is 8.22. The standard InChI is InChI=1S/C18H27NO/c1-2-17(19)11-13-4-7-18(8-5-13)20-12-16-10-14-3-6-15(16)9-14/h4-5,7-8,14-17H,2-3,6,9-12,19H2,1H3. The number of fused-ring (bicyclic) bond motifs is 2. The third-order valence-electron chi connectivity index (χ3n) is 5.29. The first-order chi connectivity index (χ1) is 9.74. The van der Waals surface area contributed by atoms with Gasteiger partial charge in [-0.05, 0) is 67.6 Å². The van der Waals surface area contributed by atoms with Gasteiger partial charge < -0.3 is 10.5 Å². The zero-order valence-electron chi connectivity index (χ0n) is 12.6. The number of hydrogen-bond acceptors (Lipinski definition) is 2. The van der Waals surface area contributed by atoms with Gasteiger partial charge in [0.2, 0.25) is 0 Å². The predicted molar refractivity (Wildman–Crippen MR) is 82.8 cm³/mol. The summed E-state index contributed by atoms with van der Waals surface area (Å²) in [5.74, 6) is 3.77. The van der Waals surface area contributed by atoms with Crippen molar-refractivity contribution in [3.8, 4) is 5.75 Å². The molecule has 3 rings (SSSR count). The van der Waals surface area contributed by atoms with Crippen molar-refractivity contribution in [1.29, 1.82) is 0 Å². The van der Waals surface area contributed by atoms with Gasteiger partial charge in [-0.3, -0.25) is 0 Å². The largest absolute Gasteiger partial charge is 0.493 e. The van der Waals surface area contributed by atoms with Crippen LogP contribution in [-0.4, -0.2) is 12.6 Å². The van der Waals surface area contributed by atoms with E-state index in [0.717, 1.165) is 43.0 Å². The molecule has 1 aromatic carbocycles. The lowest BCUT2D eigenvalue weighted by Gasteiger charge is -2.21. The number of hydrogen-bond donors (Lipinski definition) is 1. The van der Waals surface area contributed by atoms with E-state index in [-0.39, 0.29) is 6.04 Å². The van der Waals surface area contributed by atoms with E-state index < -0.39 is 0 Å². The van der Waals surface area contributed by atoms with E-state index in [1.165, 1.54) is 31.2 Å². The molecule has 4 atom stereocenters. The normalized spacial score (nSPS) is 29.6. The van der Waals surface area contributed by atoms with Gasteiger partial charge in [0.25, 0.3) is 0 Å². The summed E-state index contributed by atoms with van der Waals surface area (Å²) < 4.78 is 6.00. The topological polar surface area (TPSA) is 35.2 Å². The molecule has 2 fully saturated rings. The van der Waals surface area contributed by atoms with Crippen LogP contribution in [0.3, 0.4) is 0 Å². The molecule has 2 heteroatoms. The van der Waals surface area contributed by atoms with Crippen LogP contribution in [0.25, 0.3) is 0 Å². The smallest absolute Gasteiger partial charge is 0.119 e. The van der Waals surface area contributed by atoms with Crippen LogP contribution in [0.15, 0.2) is 24.3 Å². The van der Waals surface area contributed by atoms with Crippen molar-refractivity contribution < 1.29 is 4.74 Å². The maximum absolute atomic E-state index is 6.00. The second kappa shape index (κ2) is 6.17. The molecular formula is C18H27NO. The van der Waals surface area contributed by atoms with Crippen molar-refractivity contribution in [2.45, 2.75) is 51.5 Å². The molecule has 2 bridgehead atoms. The van der Waals surface area contributed by atoms with E-state index in [4.69, 9.17) is 10.5 Å². The van der Waals surface area contributed by atoms with E-state index in [1.54, 1.807) is 0 Å². The molecule has 2 saturated carbocycles. The summed E-state index contributed by atoms with van der Waals surface area (Å²) in [6, 6.07) is 8.79. The van der Waals surface area contributed by atoms with E-state index >= 15 is 0 Å². The quantitative estimate of drug-likeness (QED) is 0.856. The summed E-state index contributed by atoms with van der Waals surface area (Å²) in [5.41, 5.74) is 7.30. The fourth-order valence-corrected chi connectivity index (χ4v) is 3.95. The van der Waals surface area contributed by atoms with Crippen LogP contribution in [0.1, 0.15) is 44.6 Å². The highest BCUT2D eigenvalue weighted by Crippen LogP contribution is 2.48. The molecule has 0 aliphatic heterocycles. The fraction of sp³-hybridized carbons (Fsp3) is 0.667. The molecular weight excluding hydrogens is 246 g/mol. The van der Waals surface area contributed by atoms with Gasteiger partial charge in [-0.2, -0.15) is 0 Å². The van der Waals surface area contributed by atoms with Crippen molar-refractivity contribution in [3.05, 3.63) is 29.8 Å². The van der Waals surface area contributed by atoms with E-state index in [0.29, 0.717) is 0 Å². The van der Waals surface area contributed by atoms with Crippen LogP contribution in [0.5, 0.6) is 5.75 Å². The van der Waals surface area contributed by atoms with Crippen molar-refractivity contribution >= 4 is 0 Å². The van der Waals surface area contributed by atoms with E-state index in [9.17, 15) is 0 Å². The van der Waals surface area contributed by atoms with Crippen molar-refractivity contribution in [2.75, 3.05) is 6.61 Å². The minimum Gasteiger partial charge on any atom is -0.493 e. The minimum absolute atomic E-state index is 0.274. The van der Waals surface area contributed by atoms with Gasteiger partial charge in [0.05, 0.1) is 6.61 Å². The molecule has 0 aromatic heterocycles. The van der Waals surface area contributed by atoms with Crippen LogP contribution in [-0.2, 0) is 6.42 Å². The Balaban J connectivity index is 1.48. The zero-order valence-corrected chi connectivity index (χ0v) is 12.6. The maximum Gasteiger partial charge on any atom is 0.119 e. The third kappa shape index (κ3) is 3.17. The number of ether oxygens (including phenoxy) is 1. The Morgan fingerprint density at radius 3 is 2.60 bits per heavy atom. The van der Waals surface area contributed by atoms with Crippen molar-refractivity contribution in [1.82, 2.24) is 0 Å². The second-order valence-corrected chi connectivity index (χ2v) is 6.76. The molecule has 0 heterocycles. The molecule has 2 nitrogen and oxygen atoms in total. The van der Waals surface area contributed by atoms with Crippen LogP contribution < -0.4 is 10.5 Å². The first kappa shape index (κ1) is 13.9. The molecule has 0 spiro atoms. The average Bonchev–Trinajstić information content (AvgIpc) is 3.09. The summed E-state index contributed by atoms with van der Waals surface area (Å²) in [7, 11) is 0. The van der Waals surface area contributed by atoms with Gasteiger partial charge in [-0.25, -0.2) is 0 Å². The second-order valence-electron chi connectivity index (χ2n) is 6.76. The number of nitrogens with two attached hydrogens (primary N) is 1. The molecule has 0 radical (unpaired) electrons. The average molecular weight is 273 g/mol. The Labute approximate surface area is 122 Å². The zero-order chi connectivity index (χ0) is 13.9. The maximum atomic E-state index is 6.00. The van der Waals surface area contributed by atoms with Gasteiger partial charge in [0, 0.05) is 6.04 Å². The first-order valence-corrected chi connectivity index (χ1v) is 8.22. The minimum atomic E-state index is 0.274. The Kier molecular flexibility index (Phi) is 4.30. The lowest BCUT2D eigenvalue weighted by Crippen LogP contribution is -2.21. The lowest BCUT2D eigenvalue weighted by molar-refractivity contribution is 0.195.